The maximum absolute atomic E-state index is 6.42. The van der Waals surface area contributed by atoms with Gasteiger partial charge in [-0.3, -0.25) is 4.57 Å². The van der Waals surface area contributed by atoms with Crippen molar-refractivity contribution in [1.29, 1.82) is 0 Å². The van der Waals surface area contributed by atoms with E-state index in [-0.39, 0.29) is 0 Å². The van der Waals surface area contributed by atoms with Gasteiger partial charge in [-0.1, -0.05) is 82.4 Å². The molecule has 0 aliphatic carbocycles. The number of halogens is 4. The van der Waals surface area contributed by atoms with Crippen LogP contribution in [0.4, 0.5) is 0 Å². The van der Waals surface area contributed by atoms with Crippen LogP contribution in [-0.2, 0) is 5.75 Å². The Hall–Kier alpha value is -1.69. The van der Waals surface area contributed by atoms with Crippen molar-refractivity contribution >= 4 is 58.2 Å². The van der Waals surface area contributed by atoms with Gasteiger partial charge in [-0.15, -0.1) is 10.2 Å². The topological polar surface area (TPSA) is 30.7 Å². The molecule has 3 aromatic carbocycles. The number of hydrogen-bond donors (Lipinski definition) is 0. The molecule has 1 aromatic heterocycles. The van der Waals surface area contributed by atoms with Gasteiger partial charge in [0.1, 0.15) is 0 Å². The van der Waals surface area contributed by atoms with Crippen LogP contribution in [-0.4, -0.2) is 14.8 Å². The van der Waals surface area contributed by atoms with Crippen LogP contribution in [0.5, 0.6) is 0 Å². The average Bonchev–Trinajstić information content (AvgIpc) is 3.14. The normalized spacial score (nSPS) is 11.0. The Morgan fingerprint density at radius 1 is 0.759 bits per heavy atom. The van der Waals surface area contributed by atoms with Crippen molar-refractivity contribution < 1.29 is 0 Å². The standard InChI is InChI=1S/C21H13Cl4N3S/c22-14-7-5-13(6-8-14)12-29-21-27-26-20(16-3-1-2-4-17(16)23)28(21)15-9-10-18(24)19(25)11-15/h1-11H,12H2. The van der Waals surface area contributed by atoms with E-state index >= 15 is 0 Å². The Morgan fingerprint density at radius 3 is 2.24 bits per heavy atom. The minimum atomic E-state index is 0.455. The van der Waals surface area contributed by atoms with Crippen LogP contribution >= 0.6 is 58.2 Å². The molecule has 146 valence electrons. The summed E-state index contributed by atoms with van der Waals surface area (Å²) in [5, 5.41) is 11.8. The van der Waals surface area contributed by atoms with Crippen LogP contribution in [0.25, 0.3) is 17.1 Å². The van der Waals surface area contributed by atoms with Gasteiger partial charge < -0.3 is 0 Å². The highest BCUT2D eigenvalue weighted by molar-refractivity contribution is 7.98. The number of nitrogens with zero attached hydrogens (tertiary/aromatic N) is 3. The summed E-state index contributed by atoms with van der Waals surface area (Å²) in [5.41, 5.74) is 2.71. The third-order valence-electron chi connectivity index (χ3n) is 4.19. The van der Waals surface area contributed by atoms with Gasteiger partial charge in [-0.25, -0.2) is 0 Å². The average molecular weight is 481 g/mol. The van der Waals surface area contributed by atoms with Gasteiger partial charge in [0, 0.05) is 16.3 Å². The van der Waals surface area contributed by atoms with Crippen LogP contribution in [0.15, 0.2) is 71.9 Å². The smallest absolute Gasteiger partial charge is 0.196 e. The Bertz CT molecular complexity index is 1160. The summed E-state index contributed by atoms with van der Waals surface area (Å²) in [6.07, 6.45) is 0. The van der Waals surface area contributed by atoms with Crippen molar-refractivity contribution in [2.24, 2.45) is 0 Å². The van der Waals surface area contributed by atoms with Crippen LogP contribution in [0.3, 0.4) is 0 Å². The number of aromatic nitrogens is 3. The molecule has 0 saturated carbocycles. The predicted octanol–water partition coefficient (Wildman–Crippen LogP) is 7.84. The van der Waals surface area contributed by atoms with Crippen LogP contribution in [0, 0.1) is 0 Å². The van der Waals surface area contributed by atoms with E-state index in [1.807, 2.05) is 59.2 Å². The molecule has 0 aliphatic heterocycles. The quantitative estimate of drug-likeness (QED) is 0.272. The van der Waals surface area contributed by atoms with E-state index in [4.69, 9.17) is 46.4 Å². The van der Waals surface area contributed by atoms with Gasteiger partial charge in [0.2, 0.25) is 0 Å². The lowest BCUT2D eigenvalue weighted by atomic mass is 10.2. The molecule has 1 heterocycles. The number of benzene rings is 3. The first-order valence-electron chi connectivity index (χ1n) is 8.56. The van der Waals surface area contributed by atoms with Gasteiger partial charge in [0.05, 0.1) is 20.8 Å². The molecular weight excluding hydrogens is 468 g/mol. The minimum absolute atomic E-state index is 0.455. The first-order valence-corrected chi connectivity index (χ1v) is 11.1. The van der Waals surface area contributed by atoms with Gasteiger partial charge in [-0.2, -0.15) is 0 Å². The summed E-state index contributed by atoms with van der Waals surface area (Å²) >= 11 is 26.3. The molecule has 0 spiro atoms. The second-order valence-electron chi connectivity index (χ2n) is 6.13. The molecule has 8 heteroatoms. The van der Waals surface area contributed by atoms with Crippen molar-refractivity contribution in [2.45, 2.75) is 10.9 Å². The lowest BCUT2D eigenvalue weighted by molar-refractivity contribution is 0.886. The fourth-order valence-corrected chi connectivity index (χ4v) is 4.31. The van der Waals surface area contributed by atoms with Crippen LogP contribution in [0.1, 0.15) is 5.56 Å². The highest BCUT2D eigenvalue weighted by Gasteiger charge is 2.18. The molecular formula is C21H13Cl4N3S. The molecule has 0 unspecified atom stereocenters. The summed E-state index contributed by atoms with van der Waals surface area (Å²) in [6, 6.07) is 20.7. The summed E-state index contributed by atoms with van der Waals surface area (Å²) < 4.78 is 1.93. The Labute approximate surface area is 192 Å². The van der Waals surface area contributed by atoms with Crippen molar-refractivity contribution in [3.8, 4) is 17.1 Å². The van der Waals surface area contributed by atoms with Crippen LogP contribution < -0.4 is 0 Å². The predicted molar refractivity (Wildman–Crippen MR) is 123 cm³/mol. The molecule has 0 amide bonds. The lowest BCUT2D eigenvalue weighted by Crippen LogP contribution is -2.00. The van der Waals surface area contributed by atoms with E-state index < -0.39 is 0 Å². The van der Waals surface area contributed by atoms with E-state index in [2.05, 4.69) is 10.2 Å². The van der Waals surface area contributed by atoms with Gasteiger partial charge in [0.15, 0.2) is 11.0 Å². The maximum Gasteiger partial charge on any atom is 0.196 e. The Balaban J connectivity index is 1.77. The largest absolute Gasteiger partial charge is 0.270 e. The molecule has 0 fully saturated rings. The number of thioether (sulfide) groups is 1. The second-order valence-corrected chi connectivity index (χ2v) is 8.74. The van der Waals surface area contributed by atoms with E-state index in [1.165, 1.54) is 0 Å². The fourth-order valence-electron chi connectivity index (χ4n) is 2.77. The molecule has 0 atom stereocenters. The molecule has 0 saturated heterocycles. The SMILES string of the molecule is Clc1ccc(CSc2nnc(-c3ccccc3Cl)n2-c2ccc(Cl)c(Cl)c2)cc1. The molecule has 0 aliphatic rings. The first kappa shape index (κ1) is 20.6. The van der Waals surface area contributed by atoms with Gasteiger partial charge in [0.25, 0.3) is 0 Å². The zero-order chi connectivity index (χ0) is 20.4. The highest BCUT2D eigenvalue weighted by atomic mass is 35.5. The minimum Gasteiger partial charge on any atom is -0.270 e. The Morgan fingerprint density at radius 2 is 1.52 bits per heavy atom. The third-order valence-corrected chi connectivity index (χ3v) is 6.51. The molecule has 0 radical (unpaired) electrons. The van der Waals surface area contributed by atoms with E-state index in [0.717, 1.165) is 16.8 Å². The van der Waals surface area contributed by atoms with Crippen LogP contribution in [0.2, 0.25) is 20.1 Å². The summed E-state index contributed by atoms with van der Waals surface area (Å²) in [7, 11) is 0. The van der Waals surface area contributed by atoms with Crippen molar-refractivity contribution in [3.63, 3.8) is 0 Å². The monoisotopic (exact) mass is 479 g/mol. The first-order chi connectivity index (χ1) is 14.0. The summed E-state index contributed by atoms with van der Waals surface area (Å²) in [4.78, 5) is 0. The fraction of sp³-hybridized carbons (Fsp3) is 0.0476. The lowest BCUT2D eigenvalue weighted by Gasteiger charge is -2.12. The second kappa shape index (κ2) is 8.99. The summed E-state index contributed by atoms with van der Waals surface area (Å²) in [5.74, 6) is 1.34. The number of hydrogen-bond acceptors (Lipinski definition) is 3. The Kier molecular flexibility index (Phi) is 6.38. The van der Waals surface area contributed by atoms with Crippen molar-refractivity contribution in [2.75, 3.05) is 0 Å². The highest BCUT2D eigenvalue weighted by Crippen LogP contribution is 2.34. The molecule has 0 bridgehead atoms. The molecule has 4 aromatic rings. The van der Waals surface area contributed by atoms with Crippen molar-refractivity contribution in [1.82, 2.24) is 14.8 Å². The molecule has 4 rings (SSSR count). The molecule has 3 nitrogen and oxygen atoms in total. The van der Waals surface area contributed by atoms with E-state index in [1.54, 1.807) is 23.9 Å². The van der Waals surface area contributed by atoms with E-state index in [9.17, 15) is 0 Å². The van der Waals surface area contributed by atoms with Gasteiger partial charge >= 0.3 is 0 Å². The molecule has 29 heavy (non-hydrogen) atoms. The third kappa shape index (κ3) is 4.57. The maximum atomic E-state index is 6.42. The molecule has 0 N–H and O–H groups in total. The van der Waals surface area contributed by atoms with Crippen molar-refractivity contribution in [3.05, 3.63) is 92.4 Å². The van der Waals surface area contributed by atoms with E-state index in [0.29, 0.717) is 36.8 Å². The number of rotatable bonds is 5. The zero-order valence-electron chi connectivity index (χ0n) is 14.8. The van der Waals surface area contributed by atoms with Gasteiger partial charge in [-0.05, 0) is 48.0 Å². The summed E-state index contributed by atoms with van der Waals surface area (Å²) in [6.45, 7) is 0. The zero-order valence-corrected chi connectivity index (χ0v) is 18.7.